The van der Waals surface area contributed by atoms with Crippen molar-refractivity contribution in [1.82, 2.24) is 0 Å². The Morgan fingerprint density at radius 1 is 1.35 bits per heavy atom. The van der Waals surface area contributed by atoms with Crippen LogP contribution in [0.15, 0.2) is 29.3 Å². The molecule has 1 aromatic rings. The van der Waals surface area contributed by atoms with Crippen molar-refractivity contribution in [3.8, 4) is 5.75 Å². The normalized spacial score (nSPS) is 22.3. The summed E-state index contributed by atoms with van der Waals surface area (Å²) in [5.74, 6) is -0.702. The molecule has 1 aromatic carbocycles. The predicted molar refractivity (Wildman–Crippen MR) is 101 cm³/mol. The van der Waals surface area contributed by atoms with E-state index in [4.69, 9.17) is 15.2 Å². The van der Waals surface area contributed by atoms with E-state index in [1.807, 2.05) is 0 Å². The Hall–Kier alpha value is -1.27. The van der Waals surface area contributed by atoms with Crippen molar-refractivity contribution in [3.05, 3.63) is 24.3 Å². The molecule has 2 fully saturated rings. The molecule has 1 unspecified atom stereocenters. The summed E-state index contributed by atoms with van der Waals surface area (Å²) in [6.45, 7) is 0.783. The van der Waals surface area contributed by atoms with Gasteiger partial charge >= 0.3 is 6.36 Å². The Labute approximate surface area is 166 Å². The van der Waals surface area contributed by atoms with Gasteiger partial charge in [-0.25, -0.2) is 0 Å². The zero-order valence-corrected chi connectivity index (χ0v) is 16.3. The number of benzene rings is 1. The largest absolute Gasteiger partial charge is 0.573 e. The Bertz CT molecular complexity index is 637. The molecule has 1 spiro atoms. The van der Waals surface area contributed by atoms with Gasteiger partial charge in [0.2, 0.25) is 0 Å². The van der Waals surface area contributed by atoms with E-state index >= 15 is 0 Å². The first-order valence-corrected chi connectivity index (χ1v) is 8.08. The molecule has 2 aliphatic rings. The van der Waals surface area contributed by atoms with E-state index in [-0.39, 0.29) is 41.8 Å². The molecule has 26 heavy (non-hydrogen) atoms. The molecule has 6 nitrogen and oxygen atoms in total. The summed E-state index contributed by atoms with van der Waals surface area (Å²) < 4.78 is 52.3. The van der Waals surface area contributed by atoms with Crippen LogP contribution in [0.5, 0.6) is 5.75 Å². The molecule has 1 saturated carbocycles. The Morgan fingerprint density at radius 2 is 2.08 bits per heavy atom. The van der Waals surface area contributed by atoms with E-state index in [0.29, 0.717) is 18.8 Å². The van der Waals surface area contributed by atoms with Crippen molar-refractivity contribution in [2.45, 2.75) is 43.9 Å². The molecule has 1 aliphatic carbocycles. The fourth-order valence-electron chi connectivity index (χ4n) is 3.04. The average molecular weight is 487 g/mol. The maximum atomic E-state index is 12.2. The number of nitrogens with zero attached hydrogens (tertiary/aromatic N) is 1. The minimum Gasteiger partial charge on any atom is -0.406 e. The zero-order valence-electron chi connectivity index (χ0n) is 13.9. The molecule has 10 heteroatoms. The Kier molecular flexibility index (Phi) is 6.97. The van der Waals surface area contributed by atoms with Crippen molar-refractivity contribution in [3.63, 3.8) is 0 Å². The number of hydrogen-bond acceptors (Lipinski definition) is 4. The molecule has 1 aliphatic heterocycles. The van der Waals surface area contributed by atoms with Gasteiger partial charge in [-0.3, -0.25) is 4.99 Å². The smallest absolute Gasteiger partial charge is 0.406 e. The van der Waals surface area contributed by atoms with Gasteiger partial charge < -0.3 is 25.3 Å². The lowest BCUT2D eigenvalue weighted by molar-refractivity contribution is -0.274. The molecule has 1 heterocycles. The summed E-state index contributed by atoms with van der Waals surface area (Å²) in [4.78, 5) is 4.18. The number of halogens is 4. The van der Waals surface area contributed by atoms with Crippen LogP contribution in [-0.4, -0.2) is 37.4 Å². The molecule has 0 aromatic heterocycles. The summed E-state index contributed by atoms with van der Waals surface area (Å²) >= 11 is 0. The second-order valence-electron chi connectivity index (χ2n) is 6.10. The average Bonchev–Trinajstić information content (AvgIpc) is 3.14. The van der Waals surface area contributed by atoms with Gasteiger partial charge in [0.05, 0.1) is 13.2 Å². The van der Waals surface area contributed by atoms with Crippen LogP contribution in [0.4, 0.5) is 18.9 Å². The standard InChI is InChI=1S/C16H20F3N3O3.HI/c17-16(18,19)25-12-5-3-4-11(8-12)22-14(20)21-9-13-10-23-15(24-13)6-1-2-7-15;/h3-5,8,13H,1-2,6-7,9-10H2,(H3,20,21,22);1H. The summed E-state index contributed by atoms with van der Waals surface area (Å²) in [7, 11) is 0. The maximum Gasteiger partial charge on any atom is 0.573 e. The second-order valence-corrected chi connectivity index (χ2v) is 6.10. The van der Waals surface area contributed by atoms with E-state index in [9.17, 15) is 13.2 Å². The molecule has 3 rings (SSSR count). The van der Waals surface area contributed by atoms with Gasteiger partial charge in [0, 0.05) is 24.6 Å². The van der Waals surface area contributed by atoms with Gasteiger partial charge in [-0.2, -0.15) is 0 Å². The van der Waals surface area contributed by atoms with E-state index in [1.165, 1.54) is 18.2 Å². The van der Waals surface area contributed by atoms with Gasteiger partial charge in [-0.1, -0.05) is 6.07 Å². The highest BCUT2D eigenvalue weighted by molar-refractivity contribution is 14.0. The van der Waals surface area contributed by atoms with Crippen LogP contribution in [0.3, 0.4) is 0 Å². The molecular weight excluding hydrogens is 466 g/mol. The summed E-state index contributed by atoms with van der Waals surface area (Å²) in [6, 6.07) is 5.39. The number of alkyl halides is 3. The summed E-state index contributed by atoms with van der Waals surface area (Å²) in [6.07, 6.45) is -0.932. The van der Waals surface area contributed by atoms with Crippen molar-refractivity contribution >= 4 is 35.6 Å². The van der Waals surface area contributed by atoms with E-state index in [0.717, 1.165) is 25.7 Å². The molecule has 146 valence electrons. The highest BCUT2D eigenvalue weighted by Crippen LogP contribution is 2.39. The number of guanidine groups is 1. The van der Waals surface area contributed by atoms with E-state index in [2.05, 4.69) is 15.0 Å². The van der Waals surface area contributed by atoms with Crippen LogP contribution in [0.25, 0.3) is 0 Å². The van der Waals surface area contributed by atoms with Gasteiger partial charge in [0.25, 0.3) is 0 Å². The summed E-state index contributed by atoms with van der Waals surface area (Å²) in [5, 5.41) is 2.74. The van der Waals surface area contributed by atoms with Crippen LogP contribution in [0.1, 0.15) is 25.7 Å². The minimum absolute atomic E-state index is 0. The lowest BCUT2D eigenvalue weighted by Crippen LogP contribution is -2.28. The fourth-order valence-corrected chi connectivity index (χ4v) is 3.04. The molecule has 0 bridgehead atoms. The van der Waals surface area contributed by atoms with Crippen LogP contribution in [0.2, 0.25) is 0 Å². The highest BCUT2D eigenvalue weighted by Gasteiger charge is 2.43. The number of nitrogens with two attached hydrogens (primary N) is 1. The number of anilines is 1. The predicted octanol–water partition coefficient (Wildman–Crippen LogP) is 3.62. The van der Waals surface area contributed by atoms with Gasteiger partial charge in [-0.05, 0) is 25.0 Å². The van der Waals surface area contributed by atoms with Crippen molar-refractivity contribution < 1.29 is 27.4 Å². The summed E-state index contributed by atoms with van der Waals surface area (Å²) in [5.41, 5.74) is 6.13. The van der Waals surface area contributed by atoms with Crippen molar-refractivity contribution in [1.29, 1.82) is 0 Å². The first kappa shape index (κ1) is 21.0. The van der Waals surface area contributed by atoms with Crippen molar-refractivity contribution in [2.24, 2.45) is 10.7 Å². The molecular formula is C16H21F3IN3O3. The van der Waals surface area contributed by atoms with Gasteiger partial charge in [0.15, 0.2) is 11.7 Å². The minimum atomic E-state index is -4.74. The lowest BCUT2D eigenvalue weighted by atomic mass is 10.2. The molecule has 0 radical (unpaired) electrons. The number of aliphatic imine (C=N–C) groups is 1. The maximum absolute atomic E-state index is 12.2. The van der Waals surface area contributed by atoms with Crippen molar-refractivity contribution in [2.75, 3.05) is 18.5 Å². The van der Waals surface area contributed by atoms with Crippen LogP contribution in [-0.2, 0) is 9.47 Å². The van der Waals surface area contributed by atoms with Crippen LogP contribution in [0, 0.1) is 0 Å². The van der Waals surface area contributed by atoms with Crippen LogP contribution >= 0.6 is 24.0 Å². The third-order valence-electron chi connectivity index (χ3n) is 4.08. The number of nitrogens with one attached hydrogen (secondary N) is 1. The lowest BCUT2D eigenvalue weighted by Gasteiger charge is -2.21. The highest BCUT2D eigenvalue weighted by atomic mass is 127. The quantitative estimate of drug-likeness (QED) is 0.386. The first-order valence-electron chi connectivity index (χ1n) is 8.08. The first-order chi connectivity index (χ1) is 11.8. The van der Waals surface area contributed by atoms with Crippen LogP contribution < -0.4 is 15.8 Å². The third kappa shape index (κ3) is 5.88. The fraction of sp³-hybridized carbons (Fsp3) is 0.562. The molecule has 3 N–H and O–H groups in total. The topological polar surface area (TPSA) is 78.1 Å². The molecule has 0 amide bonds. The monoisotopic (exact) mass is 487 g/mol. The Balaban J connectivity index is 0.00000243. The van der Waals surface area contributed by atoms with Gasteiger partial charge in [-0.15, -0.1) is 37.1 Å². The number of rotatable bonds is 4. The van der Waals surface area contributed by atoms with E-state index in [1.54, 1.807) is 6.07 Å². The molecule has 1 saturated heterocycles. The molecule has 1 atom stereocenters. The third-order valence-corrected chi connectivity index (χ3v) is 4.08. The SMILES string of the molecule is I.NC(=NCC1COC2(CCCC2)O1)Nc1cccc(OC(F)(F)F)c1. The number of ether oxygens (including phenoxy) is 3. The number of hydrogen-bond donors (Lipinski definition) is 2. The zero-order chi connectivity index (χ0) is 17.9. The Morgan fingerprint density at radius 3 is 2.77 bits per heavy atom. The van der Waals surface area contributed by atoms with Gasteiger partial charge in [0.1, 0.15) is 11.9 Å². The second kappa shape index (κ2) is 8.61. The van der Waals surface area contributed by atoms with E-state index < -0.39 is 12.1 Å².